The molecule has 16 heteroatoms. The van der Waals surface area contributed by atoms with Gasteiger partial charge in [0.1, 0.15) is 48.8 Å². The Hall–Kier alpha value is -5.08. The molecule has 7 rings (SSSR count). The van der Waals surface area contributed by atoms with Gasteiger partial charge in [-0.1, -0.05) is 152 Å². The molecule has 10 atom stereocenters. The highest BCUT2D eigenvalue weighted by Gasteiger charge is 2.53. The average Bonchev–Trinajstić information content (AvgIpc) is 3.35. The van der Waals surface area contributed by atoms with E-state index in [-0.39, 0.29) is 46.2 Å². The van der Waals surface area contributed by atoms with Crippen molar-refractivity contribution in [2.75, 3.05) is 26.4 Å². The van der Waals surface area contributed by atoms with Crippen LogP contribution in [0.5, 0.6) is 0 Å². The standard InChI is InChI=1S/C51H56F3NO12/c52-51(53,54)50(58)55-26-27-61-48-47(64-32-39-24-14-5-15-25-39)46(63-31-38-22-12-4-13-23-38)44(41(66-48)34-60-29-36-18-8-2-9-19-36)67-49-45(62-30-37-20-10-3-11-21-37)43(57)42(56)40(65-49)33-59-28-35-16-6-1-7-17-35/h1-25,40-49,56-57H,26-34H2,(H,55,58)/t40-,41-,42+,43+,44-,45-,46+,47-,48-,49+/m1/s1. The van der Waals surface area contributed by atoms with Crippen LogP contribution in [0.15, 0.2) is 152 Å². The van der Waals surface area contributed by atoms with E-state index in [1.807, 2.05) is 157 Å². The number of hydrogen-bond donors (Lipinski definition) is 3. The fraction of sp³-hybridized carbons (Fsp3) is 0.392. The number of aliphatic hydroxyl groups is 2. The maximum atomic E-state index is 13.1. The molecule has 1 amide bonds. The molecule has 3 N–H and O–H groups in total. The summed E-state index contributed by atoms with van der Waals surface area (Å²) in [7, 11) is 0. The highest BCUT2D eigenvalue weighted by Crippen LogP contribution is 2.35. The largest absolute Gasteiger partial charge is 0.471 e. The lowest BCUT2D eigenvalue weighted by Crippen LogP contribution is -2.66. The Morgan fingerprint density at radius 1 is 0.493 bits per heavy atom. The number of benzene rings is 5. The highest BCUT2D eigenvalue weighted by atomic mass is 19.4. The summed E-state index contributed by atoms with van der Waals surface area (Å²) in [5, 5.41) is 25.2. The minimum Gasteiger partial charge on any atom is -0.387 e. The lowest BCUT2D eigenvalue weighted by Gasteiger charge is -2.49. The van der Waals surface area contributed by atoms with Crippen LogP contribution in [0.25, 0.3) is 0 Å². The highest BCUT2D eigenvalue weighted by molar-refractivity contribution is 5.81. The van der Waals surface area contributed by atoms with E-state index < -0.39 is 86.6 Å². The normalized spacial score (nSPS) is 25.4. The number of alkyl halides is 3. The molecule has 0 spiro atoms. The Bertz CT molecular complexity index is 2160. The van der Waals surface area contributed by atoms with Gasteiger partial charge in [-0.25, -0.2) is 0 Å². The van der Waals surface area contributed by atoms with E-state index in [9.17, 15) is 28.2 Å². The van der Waals surface area contributed by atoms with Crippen molar-refractivity contribution >= 4 is 5.91 Å². The van der Waals surface area contributed by atoms with Gasteiger partial charge in [-0.2, -0.15) is 13.2 Å². The molecule has 0 unspecified atom stereocenters. The van der Waals surface area contributed by atoms with Gasteiger partial charge in [0.25, 0.3) is 0 Å². The van der Waals surface area contributed by atoms with Crippen LogP contribution in [0, 0.1) is 0 Å². The first kappa shape index (κ1) is 49.8. The topological polar surface area (TPSA) is 153 Å². The molecule has 358 valence electrons. The molecule has 13 nitrogen and oxygen atoms in total. The lowest BCUT2D eigenvalue weighted by molar-refractivity contribution is -0.373. The molecule has 2 heterocycles. The maximum absolute atomic E-state index is 13.1. The minimum absolute atomic E-state index is 0.0238. The summed E-state index contributed by atoms with van der Waals surface area (Å²) in [6.45, 7) is -0.687. The average molecular weight is 932 g/mol. The first-order valence-electron chi connectivity index (χ1n) is 22.1. The molecule has 0 aliphatic carbocycles. The van der Waals surface area contributed by atoms with Gasteiger partial charge < -0.3 is 58.2 Å². The molecular formula is C51H56F3NO12. The molecule has 0 aromatic heterocycles. The Morgan fingerprint density at radius 3 is 1.36 bits per heavy atom. The predicted octanol–water partition coefficient (Wildman–Crippen LogP) is 6.43. The van der Waals surface area contributed by atoms with Crippen molar-refractivity contribution < 1.29 is 70.8 Å². The van der Waals surface area contributed by atoms with E-state index >= 15 is 0 Å². The zero-order chi connectivity index (χ0) is 46.9. The van der Waals surface area contributed by atoms with Crippen molar-refractivity contribution in [2.24, 2.45) is 0 Å². The van der Waals surface area contributed by atoms with Crippen LogP contribution in [-0.2, 0) is 80.5 Å². The van der Waals surface area contributed by atoms with Gasteiger partial charge >= 0.3 is 12.1 Å². The molecule has 0 bridgehead atoms. The molecule has 2 saturated heterocycles. The second-order valence-corrected chi connectivity index (χ2v) is 16.1. The van der Waals surface area contributed by atoms with Crippen molar-refractivity contribution in [3.63, 3.8) is 0 Å². The van der Waals surface area contributed by atoms with Crippen LogP contribution in [0.4, 0.5) is 13.2 Å². The lowest BCUT2D eigenvalue weighted by atomic mass is 9.96. The molecule has 2 aliphatic heterocycles. The van der Waals surface area contributed by atoms with Crippen LogP contribution in [0.2, 0.25) is 0 Å². The Morgan fingerprint density at radius 2 is 0.896 bits per heavy atom. The number of hydrogen-bond acceptors (Lipinski definition) is 12. The van der Waals surface area contributed by atoms with Gasteiger partial charge in [-0.05, 0) is 27.8 Å². The maximum Gasteiger partial charge on any atom is 0.471 e. The number of ether oxygens (including phenoxy) is 9. The molecule has 5 aromatic carbocycles. The van der Waals surface area contributed by atoms with Gasteiger partial charge in [0.05, 0.1) is 52.9 Å². The van der Waals surface area contributed by atoms with Gasteiger partial charge in [-0.3, -0.25) is 4.79 Å². The van der Waals surface area contributed by atoms with Crippen molar-refractivity contribution in [3.05, 3.63) is 179 Å². The number of aliphatic hydroxyl groups excluding tert-OH is 2. The SMILES string of the molecule is O=C(NCCO[C@@H]1O[C@H](COCc2ccccc2)[C@@H](O[C@@H]2O[C@H](COCc3ccccc3)[C@H](O)[C@H](O)[C@H]2OCc2ccccc2)[C@H](OCc2ccccc2)[C@H]1OCc1ccccc1)C(F)(F)F. The van der Waals surface area contributed by atoms with Crippen LogP contribution in [0.1, 0.15) is 27.8 Å². The fourth-order valence-corrected chi connectivity index (χ4v) is 7.64. The number of halogens is 3. The smallest absolute Gasteiger partial charge is 0.387 e. The van der Waals surface area contributed by atoms with E-state index in [1.165, 1.54) is 0 Å². The molecule has 2 fully saturated rings. The third-order valence-corrected chi connectivity index (χ3v) is 11.1. The molecule has 0 radical (unpaired) electrons. The van der Waals surface area contributed by atoms with Crippen LogP contribution >= 0.6 is 0 Å². The first-order valence-corrected chi connectivity index (χ1v) is 22.1. The second-order valence-electron chi connectivity index (χ2n) is 16.1. The van der Waals surface area contributed by atoms with Crippen molar-refractivity contribution in [1.82, 2.24) is 5.32 Å². The Kier molecular flexibility index (Phi) is 18.8. The Balaban J connectivity index is 1.22. The first-order chi connectivity index (χ1) is 32.6. The van der Waals surface area contributed by atoms with E-state index in [2.05, 4.69) is 0 Å². The molecular weight excluding hydrogens is 876 g/mol. The predicted molar refractivity (Wildman–Crippen MR) is 236 cm³/mol. The third kappa shape index (κ3) is 15.0. The van der Waals surface area contributed by atoms with Crippen LogP contribution < -0.4 is 5.32 Å². The van der Waals surface area contributed by atoms with Crippen LogP contribution in [0.3, 0.4) is 0 Å². The number of carbonyl (C=O) groups is 1. The van der Waals surface area contributed by atoms with Gasteiger partial charge in [0.2, 0.25) is 0 Å². The van der Waals surface area contributed by atoms with E-state index in [4.69, 9.17) is 42.6 Å². The quantitative estimate of drug-likeness (QED) is 0.0620. The zero-order valence-corrected chi connectivity index (χ0v) is 36.7. The van der Waals surface area contributed by atoms with E-state index in [1.54, 1.807) is 0 Å². The number of nitrogens with one attached hydrogen (secondary N) is 1. The van der Waals surface area contributed by atoms with Gasteiger partial charge in [-0.15, -0.1) is 0 Å². The summed E-state index contributed by atoms with van der Waals surface area (Å²) in [6, 6.07) is 46.8. The molecule has 67 heavy (non-hydrogen) atoms. The van der Waals surface area contributed by atoms with Gasteiger partial charge in [0, 0.05) is 6.54 Å². The summed E-state index contributed by atoms with van der Waals surface area (Å²) in [5.74, 6) is -2.12. The number of amides is 1. The fourth-order valence-electron chi connectivity index (χ4n) is 7.64. The third-order valence-electron chi connectivity index (χ3n) is 11.1. The summed E-state index contributed by atoms with van der Waals surface area (Å²) in [5.41, 5.74) is 4.12. The van der Waals surface area contributed by atoms with Crippen molar-refractivity contribution in [3.8, 4) is 0 Å². The van der Waals surface area contributed by atoms with Gasteiger partial charge in [0.15, 0.2) is 12.6 Å². The second kappa shape index (κ2) is 25.3. The zero-order valence-electron chi connectivity index (χ0n) is 36.7. The summed E-state index contributed by atoms with van der Waals surface area (Å²) in [4.78, 5) is 11.7. The number of rotatable bonds is 23. The molecule has 0 saturated carbocycles. The Labute approximate surface area is 387 Å². The minimum atomic E-state index is -5.09. The van der Waals surface area contributed by atoms with Crippen molar-refractivity contribution in [1.29, 1.82) is 0 Å². The summed E-state index contributed by atoms with van der Waals surface area (Å²) in [6.07, 6.45) is -17.5. The molecule has 5 aromatic rings. The summed E-state index contributed by atoms with van der Waals surface area (Å²) < 4.78 is 97.6. The van der Waals surface area contributed by atoms with E-state index in [0.29, 0.717) is 0 Å². The van der Waals surface area contributed by atoms with Crippen molar-refractivity contribution in [2.45, 2.75) is 101 Å². The monoisotopic (exact) mass is 931 g/mol. The van der Waals surface area contributed by atoms with Crippen LogP contribution in [-0.4, -0.2) is 110 Å². The summed E-state index contributed by atoms with van der Waals surface area (Å²) >= 11 is 0. The molecule has 2 aliphatic rings. The van der Waals surface area contributed by atoms with E-state index in [0.717, 1.165) is 27.8 Å². The number of carbonyl (C=O) groups excluding carboxylic acids is 1.